The molecule has 1 heterocycles. The van der Waals surface area contributed by atoms with Crippen molar-refractivity contribution < 1.29 is 4.74 Å². The number of nitrogens with zero attached hydrogens (tertiary/aromatic N) is 2. The number of aromatic nitrogens is 2. The second kappa shape index (κ2) is 6.85. The Hall–Kier alpha value is -1.16. The molecule has 1 aromatic rings. The molecular weight excluding hydrogens is 238 g/mol. The second-order valence-corrected chi connectivity index (χ2v) is 5.90. The van der Waals surface area contributed by atoms with E-state index in [1.807, 2.05) is 0 Å². The number of nitrogens with one attached hydrogen (secondary N) is 1. The lowest BCUT2D eigenvalue weighted by molar-refractivity contribution is 0.123. The fourth-order valence-electron chi connectivity index (χ4n) is 2.49. The van der Waals surface area contributed by atoms with E-state index in [0.717, 1.165) is 31.0 Å². The molecule has 2 atom stereocenters. The average molecular weight is 263 g/mol. The fraction of sp³-hybridized carbons (Fsp3) is 0.733. The third-order valence-corrected chi connectivity index (χ3v) is 3.53. The fourth-order valence-corrected chi connectivity index (χ4v) is 2.49. The van der Waals surface area contributed by atoms with Gasteiger partial charge in [-0.25, -0.2) is 4.98 Å². The van der Waals surface area contributed by atoms with Crippen LogP contribution in [0.15, 0.2) is 12.4 Å². The minimum absolute atomic E-state index is 0.311. The Morgan fingerprint density at radius 1 is 1.37 bits per heavy atom. The molecule has 0 saturated heterocycles. The van der Waals surface area contributed by atoms with E-state index >= 15 is 0 Å². The molecule has 0 aliphatic heterocycles. The van der Waals surface area contributed by atoms with Gasteiger partial charge in [-0.15, -0.1) is 0 Å². The highest BCUT2D eigenvalue weighted by Crippen LogP contribution is 2.26. The zero-order valence-corrected chi connectivity index (χ0v) is 12.2. The van der Waals surface area contributed by atoms with Crippen LogP contribution < -0.4 is 10.1 Å². The molecule has 1 fully saturated rings. The third-order valence-electron chi connectivity index (χ3n) is 3.53. The molecule has 2 unspecified atom stereocenters. The summed E-state index contributed by atoms with van der Waals surface area (Å²) in [6, 6.07) is 0.450. The molecular formula is C15H25N3O. The monoisotopic (exact) mass is 263 g/mol. The van der Waals surface area contributed by atoms with Crippen molar-refractivity contribution in [2.24, 2.45) is 5.92 Å². The van der Waals surface area contributed by atoms with Gasteiger partial charge in [0.25, 0.3) is 0 Å². The summed E-state index contributed by atoms with van der Waals surface area (Å²) < 4.78 is 5.97. The lowest BCUT2D eigenvalue weighted by Gasteiger charge is -2.26. The molecule has 1 saturated carbocycles. The van der Waals surface area contributed by atoms with Crippen molar-refractivity contribution in [1.82, 2.24) is 15.3 Å². The Labute approximate surface area is 116 Å². The quantitative estimate of drug-likeness (QED) is 0.887. The number of hydrogen-bond donors (Lipinski definition) is 1. The first kappa shape index (κ1) is 14.3. The molecule has 4 nitrogen and oxygen atoms in total. The molecule has 0 amide bonds. The van der Waals surface area contributed by atoms with Gasteiger partial charge in [0, 0.05) is 18.8 Å². The molecule has 1 aromatic heterocycles. The molecule has 1 aliphatic carbocycles. The average Bonchev–Trinajstić information content (AvgIpc) is 2.37. The van der Waals surface area contributed by atoms with Crippen molar-refractivity contribution in [3.63, 3.8) is 0 Å². The summed E-state index contributed by atoms with van der Waals surface area (Å²) in [4.78, 5) is 8.74. The Balaban J connectivity index is 1.90. The molecule has 2 rings (SSSR count). The molecule has 19 heavy (non-hydrogen) atoms. The van der Waals surface area contributed by atoms with Crippen LogP contribution in [0.3, 0.4) is 0 Å². The molecule has 0 spiro atoms. The van der Waals surface area contributed by atoms with Gasteiger partial charge in [0.2, 0.25) is 5.88 Å². The van der Waals surface area contributed by atoms with Crippen LogP contribution in [-0.2, 0) is 6.54 Å². The summed E-state index contributed by atoms with van der Waals surface area (Å²) >= 11 is 0. The van der Waals surface area contributed by atoms with Crippen molar-refractivity contribution in [2.45, 2.75) is 65.1 Å². The second-order valence-electron chi connectivity index (χ2n) is 5.90. The van der Waals surface area contributed by atoms with Gasteiger partial charge < -0.3 is 10.1 Å². The van der Waals surface area contributed by atoms with E-state index in [4.69, 9.17) is 4.74 Å². The first-order chi connectivity index (χ1) is 9.13. The molecule has 0 aromatic carbocycles. The maximum atomic E-state index is 5.97. The summed E-state index contributed by atoms with van der Waals surface area (Å²) in [7, 11) is 0. The van der Waals surface area contributed by atoms with Gasteiger partial charge in [-0.2, -0.15) is 0 Å². The summed E-state index contributed by atoms with van der Waals surface area (Å²) in [5.74, 6) is 1.43. The normalized spacial score (nSPS) is 23.6. The zero-order chi connectivity index (χ0) is 13.7. The van der Waals surface area contributed by atoms with Crippen LogP contribution in [0.25, 0.3) is 0 Å². The molecule has 0 bridgehead atoms. The molecule has 4 heteroatoms. The van der Waals surface area contributed by atoms with Crippen LogP contribution in [-0.4, -0.2) is 22.1 Å². The summed E-state index contributed by atoms with van der Waals surface area (Å²) in [6.45, 7) is 7.28. The highest BCUT2D eigenvalue weighted by Gasteiger charge is 2.20. The predicted octanol–water partition coefficient (Wildman–Crippen LogP) is 2.93. The van der Waals surface area contributed by atoms with E-state index in [1.165, 1.54) is 12.8 Å². The summed E-state index contributed by atoms with van der Waals surface area (Å²) in [5.41, 5.74) is 0.940. The molecule has 106 valence electrons. The first-order valence-electron chi connectivity index (χ1n) is 7.34. The van der Waals surface area contributed by atoms with Gasteiger partial charge in [0.15, 0.2) is 0 Å². The Bertz CT molecular complexity index is 395. The zero-order valence-electron chi connectivity index (χ0n) is 12.2. The summed E-state index contributed by atoms with van der Waals surface area (Å²) in [6.07, 6.45) is 8.68. The van der Waals surface area contributed by atoms with Crippen molar-refractivity contribution in [2.75, 3.05) is 0 Å². The van der Waals surface area contributed by atoms with E-state index in [9.17, 15) is 0 Å². The molecule has 1 aliphatic rings. The summed E-state index contributed by atoms with van der Waals surface area (Å²) in [5, 5.41) is 3.34. The van der Waals surface area contributed by atoms with Crippen molar-refractivity contribution in [1.29, 1.82) is 0 Å². The minimum Gasteiger partial charge on any atom is -0.473 e. The van der Waals surface area contributed by atoms with E-state index in [-0.39, 0.29) is 0 Å². The topological polar surface area (TPSA) is 47.0 Å². The van der Waals surface area contributed by atoms with Crippen LogP contribution in [0.4, 0.5) is 0 Å². The van der Waals surface area contributed by atoms with Crippen LogP contribution in [0.5, 0.6) is 5.88 Å². The largest absolute Gasteiger partial charge is 0.473 e. The molecule has 0 radical (unpaired) electrons. The number of hydrogen-bond acceptors (Lipinski definition) is 4. The maximum absolute atomic E-state index is 5.97. The van der Waals surface area contributed by atoms with E-state index < -0.39 is 0 Å². The van der Waals surface area contributed by atoms with Crippen molar-refractivity contribution in [3.8, 4) is 5.88 Å². The standard InChI is InChI=1S/C15H25N3O/c1-11(2)17-9-13-8-16-10-15(18-13)19-14-6-4-5-12(3)7-14/h8,10-12,14,17H,4-7,9H2,1-3H3. The Morgan fingerprint density at radius 3 is 2.95 bits per heavy atom. The lowest BCUT2D eigenvalue weighted by Crippen LogP contribution is -2.25. The van der Waals surface area contributed by atoms with Gasteiger partial charge in [-0.1, -0.05) is 27.2 Å². The van der Waals surface area contributed by atoms with Gasteiger partial charge >= 0.3 is 0 Å². The molecule has 1 N–H and O–H groups in total. The SMILES string of the molecule is CC1CCCC(Oc2cncc(CNC(C)C)n2)C1. The van der Waals surface area contributed by atoms with E-state index in [1.54, 1.807) is 12.4 Å². The van der Waals surface area contributed by atoms with Crippen LogP contribution in [0.1, 0.15) is 52.1 Å². The Kier molecular flexibility index (Phi) is 5.14. The Morgan fingerprint density at radius 2 is 2.21 bits per heavy atom. The van der Waals surface area contributed by atoms with Crippen LogP contribution >= 0.6 is 0 Å². The third kappa shape index (κ3) is 4.78. The van der Waals surface area contributed by atoms with Gasteiger partial charge in [-0.05, 0) is 25.2 Å². The minimum atomic E-state index is 0.311. The van der Waals surface area contributed by atoms with Gasteiger partial charge in [0.1, 0.15) is 6.10 Å². The number of ether oxygens (including phenoxy) is 1. The van der Waals surface area contributed by atoms with Crippen LogP contribution in [0, 0.1) is 5.92 Å². The van der Waals surface area contributed by atoms with Gasteiger partial charge in [0.05, 0.1) is 11.9 Å². The van der Waals surface area contributed by atoms with E-state index in [2.05, 4.69) is 36.1 Å². The first-order valence-corrected chi connectivity index (χ1v) is 7.34. The smallest absolute Gasteiger partial charge is 0.232 e. The van der Waals surface area contributed by atoms with Gasteiger partial charge in [-0.3, -0.25) is 4.98 Å². The maximum Gasteiger partial charge on any atom is 0.232 e. The lowest BCUT2D eigenvalue weighted by atomic mass is 9.89. The highest BCUT2D eigenvalue weighted by molar-refractivity contribution is 5.09. The van der Waals surface area contributed by atoms with Crippen molar-refractivity contribution in [3.05, 3.63) is 18.1 Å². The highest BCUT2D eigenvalue weighted by atomic mass is 16.5. The van der Waals surface area contributed by atoms with E-state index in [0.29, 0.717) is 18.0 Å². The predicted molar refractivity (Wildman–Crippen MR) is 76.1 cm³/mol. The van der Waals surface area contributed by atoms with Crippen LogP contribution in [0.2, 0.25) is 0 Å². The number of rotatable bonds is 5. The van der Waals surface area contributed by atoms with Crippen molar-refractivity contribution >= 4 is 0 Å².